The molecule has 3 N–H and O–H groups in total. The number of anilines is 1. The van der Waals surface area contributed by atoms with Crippen LogP contribution in [0.25, 0.3) is 0 Å². The summed E-state index contributed by atoms with van der Waals surface area (Å²) in [6, 6.07) is 5.85. The number of rotatable bonds is 10. The molecule has 0 saturated carbocycles. The molecule has 1 aromatic heterocycles. The van der Waals surface area contributed by atoms with E-state index in [4.69, 9.17) is 15.2 Å². The Morgan fingerprint density at radius 1 is 1.24 bits per heavy atom. The second-order valence-electron chi connectivity index (χ2n) is 4.94. The third kappa shape index (κ3) is 6.43. The summed E-state index contributed by atoms with van der Waals surface area (Å²) in [5.41, 5.74) is 6.58. The molecule has 0 radical (unpaired) electrons. The van der Waals surface area contributed by atoms with Crippen LogP contribution in [-0.4, -0.2) is 41.6 Å². The van der Waals surface area contributed by atoms with Crippen LogP contribution in [0.2, 0.25) is 0 Å². The normalized spacial score (nSPS) is 10.5. The van der Waals surface area contributed by atoms with Crippen molar-refractivity contribution in [2.45, 2.75) is 24.6 Å². The van der Waals surface area contributed by atoms with E-state index in [0.717, 1.165) is 17.1 Å². The Labute approximate surface area is 155 Å². The quantitative estimate of drug-likeness (QED) is 0.609. The Kier molecular flexibility index (Phi) is 7.80. The minimum Gasteiger partial charge on any atom is -0.490 e. The molecule has 0 aliphatic rings. The van der Waals surface area contributed by atoms with Gasteiger partial charge in [-0.05, 0) is 38.0 Å². The van der Waals surface area contributed by atoms with Crippen LogP contribution in [0.4, 0.5) is 5.13 Å². The lowest BCUT2D eigenvalue weighted by molar-refractivity contribution is -0.118. The van der Waals surface area contributed by atoms with Crippen molar-refractivity contribution in [2.24, 2.45) is 0 Å². The van der Waals surface area contributed by atoms with E-state index in [2.05, 4.69) is 15.5 Å². The van der Waals surface area contributed by atoms with Gasteiger partial charge in [0.25, 0.3) is 0 Å². The van der Waals surface area contributed by atoms with E-state index in [0.29, 0.717) is 41.4 Å². The molecule has 0 aliphatic heterocycles. The van der Waals surface area contributed by atoms with E-state index in [1.54, 1.807) is 0 Å². The topological polar surface area (TPSA) is 99.4 Å². The number of amides is 1. The minimum absolute atomic E-state index is 0.0465. The van der Waals surface area contributed by atoms with Gasteiger partial charge in [0.15, 0.2) is 15.8 Å². The van der Waals surface area contributed by atoms with Crippen LogP contribution in [0, 0.1) is 0 Å². The van der Waals surface area contributed by atoms with Crippen LogP contribution in [-0.2, 0) is 11.2 Å². The van der Waals surface area contributed by atoms with Crippen LogP contribution in [0.1, 0.15) is 19.4 Å². The van der Waals surface area contributed by atoms with E-state index < -0.39 is 0 Å². The molecule has 2 rings (SSSR count). The van der Waals surface area contributed by atoms with Crippen molar-refractivity contribution in [1.82, 2.24) is 15.5 Å². The molecular weight excluding hydrogens is 360 g/mol. The minimum atomic E-state index is -0.0465. The Bertz CT molecular complexity index is 694. The van der Waals surface area contributed by atoms with Gasteiger partial charge in [-0.25, -0.2) is 0 Å². The number of benzene rings is 1. The molecule has 1 aromatic carbocycles. The summed E-state index contributed by atoms with van der Waals surface area (Å²) in [6.07, 6.45) is 0.717. The number of aromatic nitrogens is 2. The first kappa shape index (κ1) is 19.3. The standard InChI is InChI=1S/C16H22N4O3S2/c1-3-22-12-6-5-11(9-13(12)23-4-2)7-8-18-14(21)10-24-16-20-19-15(17)25-16/h5-6,9H,3-4,7-8,10H2,1-2H3,(H2,17,19)(H,18,21). The van der Waals surface area contributed by atoms with E-state index in [1.807, 2.05) is 32.0 Å². The Morgan fingerprint density at radius 2 is 2.00 bits per heavy atom. The van der Waals surface area contributed by atoms with Crippen LogP contribution in [0.5, 0.6) is 11.5 Å². The fraction of sp³-hybridized carbons (Fsp3) is 0.438. The van der Waals surface area contributed by atoms with Gasteiger partial charge >= 0.3 is 0 Å². The lowest BCUT2D eigenvalue weighted by Gasteiger charge is -2.12. The summed E-state index contributed by atoms with van der Waals surface area (Å²) in [6.45, 7) is 5.59. The van der Waals surface area contributed by atoms with Crippen molar-refractivity contribution < 1.29 is 14.3 Å². The van der Waals surface area contributed by atoms with Gasteiger partial charge in [0, 0.05) is 6.54 Å². The molecule has 2 aromatic rings. The number of nitrogens with two attached hydrogens (primary N) is 1. The fourth-order valence-corrected chi connectivity index (χ4v) is 3.52. The summed E-state index contributed by atoms with van der Waals surface area (Å²) < 4.78 is 11.9. The predicted molar refractivity (Wildman–Crippen MR) is 101 cm³/mol. The highest BCUT2D eigenvalue weighted by Crippen LogP contribution is 2.28. The van der Waals surface area contributed by atoms with Gasteiger partial charge in [-0.15, -0.1) is 10.2 Å². The van der Waals surface area contributed by atoms with Gasteiger partial charge in [-0.1, -0.05) is 29.2 Å². The molecule has 1 amide bonds. The second-order valence-corrected chi connectivity index (χ2v) is 7.17. The Balaban J connectivity index is 1.78. The van der Waals surface area contributed by atoms with Gasteiger partial charge < -0.3 is 20.5 Å². The number of nitrogens with one attached hydrogen (secondary N) is 1. The van der Waals surface area contributed by atoms with E-state index in [9.17, 15) is 4.79 Å². The average molecular weight is 383 g/mol. The molecular formula is C16H22N4O3S2. The third-order valence-electron chi connectivity index (χ3n) is 3.09. The first-order valence-electron chi connectivity index (χ1n) is 7.99. The number of hydrogen-bond acceptors (Lipinski definition) is 8. The molecule has 1 heterocycles. The zero-order valence-corrected chi connectivity index (χ0v) is 15.9. The van der Waals surface area contributed by atoms with Crippen molar-refractivity contribution in [1.29, 1.82) is 0 Å². The number of hydrogen-bond donors (Lipinski definition) is 2. The van der Waals surface area contributed by atoms with E-state index >= 15 is 0 Å². The Morgan fingerprint density at radius 3 is 2.68 bits per heavy atom. The van der Waals surface area contributed by atoms with Crippen LogP contribution >= 0.6 is 23.1 Å². The third-order valence-corrected chi connectivity index (χ3v) is 4.98. The van der Waals surface area contributed by atoms with E-state index in [1.165, 1.54) is 23.1 Å². The van der Waals surface area contributed by atoms with Crippen molar-refractivity contribution in [3.63, 3.8) is 0 Å². The summed E-state index contributed by atoms with van der Waals surface area (Å²) in [4.78, 5) is 11.9. The number of thioether (sulfide) groups is 1. The van der Waals surface area contributed by atoms with Crippen LogP contribution in [0.3, 0.4) is 0 Å². The summed E-state index contributed by atoms with van der Waals surface area (Å²) >= 11 is 2.60. The van der Waals surface area contributed by atoms with Crippen molar-refractivity contribution in [2.75, 3.05) is 31.2 Å². The van der Waals surface area contributed by atoms with Gasteiger partial charge in [0.2, 0.25) is 11.0 Å². The zero-order chi connectivity index (χ0) is 18.1. The van der Waals surface area contributed by atoms with Gasteiger partial charge in [-0.3, -0.25) is 4.79 Å². The lowest BCUT2D eigenvalue weighted by Crippen LogP contribution is -2.27. The monoisotopic (exact) mass is 382 g/mol. The fourth-order valence-electron chi connectivity index (χ4n) is 2.05. The molecule has 0 unspecified atom stereocenters. The molecule has 0 atom stereocenters. The molecule has 0 bridgehead atoms. The molecule has 0 aliphatic carbocycles. The number of nitrogen functional groups attached to an aromatic ring is 1. The molecule has 7 nitrogen and oxygen atoms in total. The molecule has 0 fully saturated rings. The van der Waals surface area contributed by atoms with Crippen molar-refractivity contribution in [3.05, 3.63) is 23.8 Å². The lowest BCUT2D eigenvalue weighted by atomic mass is 10.1. The second kappa shape index (κ2) is 10.1. The maximum Gasteiger partial charge on any atom is 0.230 e. The van der Waals surface area contributed by atoms with Gasteiger partial charge in [-0.2, -0.15) is 0 Å². The number of carbonyl (C=O) groups excluding carboxylic acids is 1. The highest BCUT2D eigenvalue weighted by atomic mass is 32.2. The first-order chi connectivity index (χ1) is 12.1. The molecule has 136 valence electrons. The summed E-state index contributed by atoms with van der Waals surface area (Å²) in [5, 5.41) is 10.9. The Hall–Kier alpha value is -2.00. The predicted octanol–water partition coefficient (Wildman–Crippen LogP) is 2.37. The molecule has 0 spiro atoms. The van der Waals surface area contributed by atoms with Gasteiger partial charge in [0.05, 0.1) is 19.0 Å². The van der Waals surface area contributed by atoms with Crippen molar-refractivity contribution >= 4 is 34.1 Å². The summed E-state index contributed by atoms with van der Waals surface area (Å²) in [5.74, 6) is 1.72. The number of nitrogens with zero attached hydrogens (tertiary/aromatic N) is 2. The number of carbonyl (C=O) groups is 1. The highest BCUT2D eigenvalue weighted by molar-refractivity contribution is 8.01. The maximum absolute atomic E-state index is 11.9. The number of ether oxygens (including phenoxy) is 2. The zero-order valence-electron chi connectivity index (χ0n) is 14.3. The van der Waals surface area contributed by atoms with Crippen LogP contribution < -0.4 is 20.5 Å². The van der Waals surface area contributed by atoms with Crippen molar-refractivity contribution in [3.8, 4) is 11.5 Å². The maximum atomic E-state index is 11.9. The SMILES string of the molecule is CCOc1ccc(CCNC(=O)CSc2nnc(N)s2)cc1OCC. The molecule has 25 heavy (non-hydrogen) atoms. The van der Waals surface area contributed by atoms with Gasteiger partial charge in [0.1, 0.15) is 0 Å². The molecule has 9 heteroatoms. The highest BCUT2D eigenvalue weighted by Gasteiger charge is 2.08. The van der Waals surface area contributed by atoms with E-state index in [-0.39, 0.29) is 5.91 Å². The van der Waals surface area contributed by atoms with Crippen LogP contribution in [0.15, 0.2) is 22.5 Å². The largest absolute Gasteiger partial charge is 0.490 e. The average Bonchev–Trinajstić information content (AvgIpc) is 3.01. The first-order valence-corrected chi connectivity index (χ1v) is 9.79. The molecule has 0 saturated heterocycles. The smallest absolute Gasteiger partial charge is 0.230 e. The summed E-state index contributed by atoms with van der Waals surface area (Å²) in [7, 11) is 0.